The van der Waals surface area contributed by atoms with E-state index in [0.29, 0.717) is 32.7 Å². The van der Waals surface area contributed by atoms with Crippen molar-refractivity contribution < 1.29 is 18.8 Å². The van der Waals surface area contributed by atoms with Crippen LogP contribution in [0.5, 0.6) is 0 Å². The maximum atomic E-state index is 13.6. The summed E-state index contributed by atoms with van der Waals surface area (Å²) in [5.41, 5.74) is 3.07. The number of benzene rings is 2. The van der Waals surface area contributed by atoms with Crippen LogP contribution in [0.15, 0.2) is 79.0 Å². The number of imidazole rings is 1. The molecule has 3 aromatic heterocycles. The number of fused-ring (bicyclic) bond motifs is 1. The second kappa shape index (κ2) is 11.7. The van der Waals surface area contributed by atoms with E-state index in [1.54, 1.807) is 68.2 Å². The second-order valence-electron chi connectivity index (χ2n) is 9.51. The number of amides is 3. The number of nitrogens with one attached hydrogen (secondary N) is 1. The summed E-state index contributed by atoms with van der Waals surface area (Å²) >= 11 is 1.22. The summed E-state index contributed by atoms with van der Waals surface area (Å²) in [7, 11) is 5.06. The Labute approximate surface area is 239 Å². The molecule has 0 saturated heterocycles. The summed E-state index contributed by atoms with van der Waals surface area (Å²) < 4.78 is 15.4. The zero-order valence-electron chi connectivity index (χ0n) is 22.7. The van der Waals surface area contributed by atoms with E-state index in [0.717, 1.165) is 4.88 Å². The standard InChI is InChI=1S/C30H27FN6O3S/c1-35(2)27(38)14-16-37-23-10-9-21(36(3)29(40)19-7-5-4-6-8-19)18-22(23)33-30(37)34-28(39)25-12-11-24(41-25)20-13-15-32-26(31)17-20/h4-13,15,17-18H,14,16H2,1-3H3,(H,33,34,39). The average molecular weight is 571 g/mol. The summed E-state index contributed by atoms with van der Waals surface area (Å²) in [5, 5.41) is 2.87. The molecule has 9 nitrogen and oxygen atoms in total. The van der Waals surface area contributed by atoms with E-state index < -0.39 is 5.95 Å². The van der Waals surface area contributed by atoms with Crippen LogP contribution in [0.25, 0.3) is 21.5 Å². The van der Waals surface area contributed by atoms with Crippen LogP contribution in [-0.2, 0) is 11.3 Å². The first-order chi connectivity index (χ1) is 19.7. The number of halogens is 1. The van der Waals surface area contributed by atoms with Crippen LogP contribution in [0.2, 0.25) is 0 Å². The van der Waals surface area contributed by atoms with Crippen LogP contribution in [-0.4, -0.2) is 58.3 Å². The van der Waals surface area contributed by atoms with Gasteiger partial charge in [0.1, 0.15) is 0 Å². The molecule has 0 aliphatic rings. The van der Waals surface area contributed by atoms with Gasteiger partial charge >= 0.3 is 0 Å². The summed E-state index contributed by atoms with van der Waals surface area (Å²) in [6.07, 6.45) is 1.58. The quantitative estimate of drug-likeness (QED) is 0.255. The number of carbonyl (C=O) groups excluding carboxylic acids is 3. The number of aryl methyl sites for hydroxylation is 1. The minimum absolute atomic E-state index is 0.0681. The summed E-state index contributed by atoms with van der Waals surface area (Å²) in [6.45, 7) is 0.285. The number of carbonyl (C=O) groups is 3. The highest BCUT2D eigenvalue weighted by Crippen LogP contribution is 2.30. The third kappa shape index (κ3) is 5.99. The predicted octanol–water partition coefficient (Wildman–Crippen LogP) is 5.31. The molecule has 2 aromatic carbocycles. The van der Waals surface area contributed by atoms with Crippen molar-refractivity contribution in [3.05, 3.63) is 95.4 Å². The number of hydrogen-bond acceptors (Lipinski definition) is 6. The lowest BCUT2D eigenvalue weighted by molar-refractivity contribution is -0.128. The molecule has 0 unspecified atom stereocenters. The van der Waals surface area contributed by atoms with Gasteiger partial charge in [0, 0.05) is 62.5 Å². The van der Waals surface area contributed by atoms with Gasteiger partial charge in [0.05, 0.1) is 15.9 Å². The van der Waals surface area contributed by atoms with Gasteiger partial charge in [-0.3, -0.25) is 19.7 Å². The van der Waals surface area contributed by atoms with Gasteiger partial charge in [-0.2, -0.15) is 4.39 Å². The summed E-state index contributed by atoms with van der Waals surface area (Å²) in [5.74, 6) is -0.949. The smallest absolute Gasteiger partial charge is 0.268 e. The molecular weight excluding hydrogens is 543 g/mol. The minimum atomic E-state index is -0.599. The number of anilines is 2. The fourth-order valence-corrected chi connectivity index (χ4v) is 5.20. The molecule has 0 aliphatic heterocycles. The molecule has 0 spiro atoms. The van der Waals surface area contributed by atoms with E-state index in [1.807, 2.05) is 24.3 Å². The van der Waals surface area contributed by atoms with E-state index in [-0.39, 0.29) is 36.6 Å². The van der Waals surface area contributed by atoms with Gasteiger partial charge in [0.2, 0.25) is 17.8 Å². The van der Waals surface area contributed by atoms with Crippen LogP contribution in [0.4, 0.5) is 16.0 Å². The summed E-state index contributed by atoms with van der Waals surface area (Å²) in [6, 6.07) is 20.8. The molecule has 0 aliphatic carbocycles. The van der Waals surface area contributed by atoms with Crippen molar-refractivity contribution in [1.82, 2.24) is 19.4 Å². The van der Waals surface area contributed by atoms with Crippen molar-refractivity contribution in [2.75, 3.05) is 31.4 Å². The van der Waals surface area contributed by atoms with E-state index in [2.05, 4.69) is 15.3 Å². The first-order valence-corrected chi connectivity index (χ1v) is 13.6. The molecule has 11 heteroatoms. The van der Waals surface area contributed by atoms with E-state index in [9.17, 15) is 18.8 Å². The van der Waals surface area contributed by atoms with Crippen molar-refractivity contribution in [3.8, 4) is 10.4 Å². The highest BCUT2D eigenvalue weighted by atomic mass is 32.1. The summed E-state index contributed by atoms with van der Waals surface area (Å²) in [4.78, 5) is 51.0. The normalized spacial score (nSPS) is 10.9. The van der Waals surface area contributed by atoms with Crippen molar-refractivity contribution in [1.29, 1.82) is 0 Å². The van der Waals surface area contributed by atoms with E-state index >= 15 is 0 Å². The third-order valence-corrected chi connectivity index (χ3v) is 7.69. The van der Waals surface area contributed by atoms with Gasteiger partial charge in [0.25, 0.3) is 11.8 Å². The minimum Gasteiger partial charge on any atom is -0.349 e. The Balaban J connectivity index is 1.45. The Hall–Kier alpha value is -4.90. The van der Waals surface area contributed by atoms with Crippen LogP contribution >= 0.6 is 11.3 Å². The number of nitrogens with zero attached hydrogens (tertiary/aromatic N) is 5. The third-order valence-electron chi connectivity index (χ3n) is 6.56. The lowest BCUT2D eigenvalue weighted by Crippen LogP contribution is -2.26. The fraction of sp³-hybridized carbons (Fsp3) is 0.167. The second-order valence-corrected chi connectivity index (χ2v) is 10.6. The Morgan fingerprint density at radius 1 is 0.976 bits per heavy atom. The van der Waals surface area contributed by atoms with Gasteiger partial charge in [-0.1, -0.05) is 18.2 Å². The topological polar surface area (TPSA) is 100 Å². The number of hydrogen-bond donors (Lipinski definition) is 1. The maximum absolute atomic E-state index is 13.6. The largest absolute Gasteiger partial charge is 0.349 e. The average Bonchev–Trinajstić information content (AvgIpc) is 3.60. The molecule has 1 N–H and O–H groups in total. The van der Waals surface area contributed by atoms with Crippen LogP contribution in [0.3, 0.4) is 0 Å². The molecule has 0 radical (unpaired) electrons. The van der Waals surface area contributed by atoms with Crippen molar-refractivity contribution in [2.45, 2.75) is 13.0 Å². The molecule has 208 valence electrons. The van der Waals surface area contributed by atoms with Crippen molar-refractivity contribution in [2.24, 2.45) is 0 Å². The van der Waals surface area contributed by atoms with Gasteiger partial charge in [-0.15, -0.1) is 11.3 Å². The molecular formula is C30H27FN6O3S. The first kappa shape index (κ1) is 27.7. The molecule has 41 heavy (non-hydrogen) atoms. The first-order valence-electron chi connectivity index (χ1n) is 12.8. The van der Waals surface area contributed by atoms with Gasteiger partial charge in [0.15, 0.2) is 0 Å². The number of rotatable bonds is 8. The zero-order chi connectivity index (χ0) is 29.1. The SMILES string of the molecule is CN(C)C(=O)CCn1c(NC(=O)c2ccc(-c3ccnc(F)c3)s2)nc2cc(N(C)C(=O)c3ccccc3)ccc21. The fourth-order valence-electron chi connectivity index (χ4n) is 4.31. The Morgan fingerprint density at radius 2 is 1.76 bits per heavy atom. The van der Waals surface area contributed by atoms with Gasteiger partial charge < -0.3 is 14.4 Å². The molecule has 3 heterocycles. The zero-order valence-corrected chi connectivity index (χ0v) is 23.5. The van der Waals surface area contributed by atoms with Gasteiger partial charge in [-0.05, 0) is 54.1 Å². The Bertz CT molecular complexity index is 1750. The molecule has 3 amide bonds. The molecule has 0 atom stereocenters. The molecule has 5 aromatic rings. The Morgan fingerprint density at radius 3 is 2.49 bits per heavy atom. The lowest BCUT2D eigenvalue weighted by atomic mass is 10.2. The molecule has 0 fully saturated rings. The predicted molar refractivity (Wildman–Crippen MR) is 158 cm³/mol. The Kier molecular flexibility index (Phi) is 7.88. The number of aromatic nitrogens is 3. The van der Waals surface area contributed by atoms with Gasteiger partial charge in [-0.25, -0.2) is 9.97 Å². The van der Waals surface area contributed by atoms with Crippen LogP contribution < -0.4 is 10.2 Å². The highest BCUT2D eigenvalue weighted by Gasteiger charge is 2.20. The molecule has 0 bridgehead atoms. The molecule has 5 rings (SSSR count). The van der Waals surface area contributed by atoms with E-state index in [1.165, 1.54) is 33.4 Å². The lowest BCUT2D eigenvalue weighted by Gasteiger charge is -2.17. The van der Waals surface area contributed by atoms with Crippen LogP contribution in [0, 0.1) is 5.95 Å². The monoisotopic (exact) mass is 570 g/mol. The number of thiophene rings is 1. The highest BCUT2D eigenvalue weighted by molar-refractivity contribution is 7.17. The molecule has 0 saturated carbocycles. The number of pyridine rings is 1. The maximum Gasteiger partial charge on any atom is 0.268 e. The van der Waals surface area contributed by atoms with E-state index in [4.69, 9.17) is 0 Å². The van der Waals surface area contributed by atoms with Crippen LogP contribution in [0.1, 0.15) is 26.5 Å². The van der Waals surface area contributed by atoms with Crippen molar-refractivity contribution >= 4 is 51.7 Å². The van der Waals surface area contributed by atoms with Crippen molar-refractivity contribution in [3.63, 3.8) is 0 Å².